The van der Waals surface area contributed by atoms with Crippen molar-refractivity contribution in [2.45, 2.75) is 90.6 Å². The van der Waals surface area contributed by atoms with E-state index in [4.69, 9.17) is 14.2 Å². The van der Waals surface area contributed by atoms with Crippen LogP contribution in [0.15, 0.2) is 42.5 Å². The maximum atomic E-state index is 13.3. The Labute approximate surface area is 228 Å². The smallest absolute Gasteiger partial charge is 0.330 e. The number of allylic oxidation sites excluding steroid dienone is 1. The number of methoxy groups -OCH3 is 2. The topological polar surface area (TPSA) is 78.9 Å². The van der Waals surface area contributed by atoms with Crippen LogP contribution in [0.5, 0.6) is 0 Å². The van der Waals surface area contributed by atoms with Gasteiger partial charge in [0, 0.05) is 17.9 Å². The van der Waals surface area contributed by atoms with E-state index in [1.807, 2.05) is 6.07 Å². The molecule has 2 saturated carbocycles. The number of esters is 3. The normalized spacial score (nSPS) is 24.0. The highest BCUT2D eigenvalue weighted by atomic mass is 16.5. The van der Waals surface area contributed by atoms with E-state index < -0.39 is 29.2 Å². The summed E-state index contributed by atoms with van der Waals surface area (Å²) in [7, 11) is 2.55. The number of hydrogen-bond acceptors (Lipinski definition) is 6. The molecule has 38 heavy (non-hydrogen) atoms. The van der Waals surface area contributed by atoms with Crippen molar-refractivity contribution >= 4 is 17.9 Å². The molecule has 2 aliphatic rings. The van der Waals surface area contributed by atoms with Crippen molar-refractivity contribution in [2.24, 2.45) is 29.1 Å². The summed E-state index contributed by atoms with van der Waals surface area (Å²) in [5.41, 5.74) is -0.463. The van der Waals surface area contributed by atoms with Crippen LogP contribution in [0.3, 0.4) is 0 Å². The van der Waals surface area contributed by atoms with Gasteiger partial charge in [-0.05, 0) is 55.4 Å². The Hall–Kier alpha value is -2.63. The summed E-state index contributed by atoms with van der Waals surface area (Å²) >= 11 is 0. The van der Waals surface area contributed by atoms with Crippen LogP contribution in [-0.2, 0) is 34.0 Å². The van der Waals surface area contributed by atoms with Crippen LogP contribution < -0.4 is 0 Å². The third-order valence-electron chi connectivity index (χ3n) is 9.25. The highest BCUT2D eigenvalue weighted by molar-refractivity contribution is 6.00. The number of ether oxygens (including phenoxy) is 3. The second-order valence-corrected chi connectivity index (χ2v) is 12.1. The Morgan fingerprint density at radius 3 is 2.08 bits per heavy atom. The van der Waals surface area contributed by atoms with E-state index >= 15 is 0 Å². The monoisotopic (exact) mass is 526 g/mol. The molecule has 0 radical (unpaired) electrons. The predicted octanol–water partition coefficient (Wildman–Crippen LogP) is 6.42. The Morgan fingerprint density at radius 2 is 1.50 bits per heavy atom. The predicted molar refractivity (Wildman–Crippen MR) is 147 cm³/mol. The van der Waals surface area contributed by atoms with Gasteiger partial charge in [0.15, 0.2) is 5.41 Å². The van der Waals surface area contributed by atoms with E-state index in [1.165, 1.54) is 25.9 Å². The second-order valence-electron chi connectivity index (χ2n) is 12.1. The molecule has 210 valence electrons. The van der Waals surface area contributed by atoms with Gasteiger partial charge in [-0.1, -0.05) is 82.9 Å². The third kappa shape index (κ3) is 6.50. The summed E-state index contributed by atoms with van der Waals surface area (Å²) in [5, 5.41) is 0. The van der Waals surface area contributed by atoms with E-state index in [1.54, 1.807) is 13.0 Å². The summed E-state index contributed by atoms with van der Waals surface area (Å²) < 4.78 is 16.3. The van der Waals surface area contributed by atoms with Gasteiger partial charge in [-0.3, -0.25) is 9.59 Å². The number of hydrogen-bond donors (Lipinski definition) is 0. The molecule has 0 bridgehead atoms. The fraction of sp³-hybridized carbons (Fsp3) is 0.656. The molecule has 0 amide bonds. The zero-order chi connectivity index (χ0) is 27.9. The fourth-order valence-corrected chi connectivity index (χ4v) is 6.83. The van der Waals surface area contributed by atoms with Crippen LogP contribution in [0.4, 0.5) is 0 Å². The van der Waals surface area contributed by atoms with Gasteiger partial charge in [0.1, 0.15) is 6.10 Å². The molecule has 4 atom stereocenters. The Balaban J connectivity index is 1.86. The van der Waals surface area contributed by atoms with Crippen molar-refractivity contribution in [3.05, 3.63) is 48.0 Å². The van der Waals surface area contributed by atoms with Gasteiger partial charge in [-0.25, -0.2) is 4.79 Å². The minimum Gasteiger partial charge on any atom is -0.468 e. The lowest BCUT2D eigenvalue weighted by molar-refractivity contribution is -0.172. The molecule has 0 unspecified atom stereocenters. The molecule has 6 heteroatoms. The Kier molecular flexibility index (Phi) is 10.2. The van der Waals surface area contributed by atoms with Gasteiger partial charge >= 0.3 is 17.9 Å². The first kappa shape index (κ1) is 29.9. The molecule has 1 aromatic carbocycles. The fourth-order valence-electron chi connectivity index (χ4n) is 6.83. The molecule has 0 heterocycles. The summed E-state index contributed by atoms with van der Waals surface area (Å²) in [6.07, 6.45) is 10.7. The summed E-state index contributed by atoms with van der Waals surface area (Å²) in [6.45, 7) is 8.24. The standard InChI is InChI=1S/C32H46O6/c1-22-17-18-26(31(2,3)24-15-11-8-12-16-24)27(21-22)38-28(33)20-19-25(23-13-9-7-10-14-23)32(4,29(34)36-5)30(35)37-6/h8,11-12,15-16,19-20,22-23,25-27H,7,9-10,13-14,17-18,21H2,1-6H3/b20-19+/t22-,25-,26-,27-/m1/s1. The lowest BCUT2D eigenvalue weighted by Gasteiger charge is -2.43. The van der Waals surface area contributed by atoms with E-state index in [0.717, 1.165) is 51.4 Å². The maximum Gasteiger partial charge on any atom is 0.330 e. The lowest BCUT2D eigenvalue weighted by atomic mass is 9.64. The summed E-state index contributed by atoms with van der Waals surface area (Å²) in [5.74, 6) is -1.55. The second kappa shape index (κ2) is 12.9. The van der Waals surface area contributed by atoms with E-state index in [0.29, 0.717) is 5.92 Å². The van der Waals surface area contributed by atoms with Gasteiger partial charge in [-0.2, -0.15) is 0 Å². The Morgan fingerprint density at radius 1 is 0.895 bits per heavy atom. The van der Waals surface area contributed by atoms with Crippen molar-refractivity contribution in [2.75, 3.05) is 14.2 Å². The molecule has 2 aliphatic carbocycles. The average Bonchev–Trinajstić information content (AvgIpc) is 2.92. The van der Waals surface area contributed by atoms with Crippen LogP contribution >= 0.6 is 0 Å². The van der Waals surface area contributed by atoms with Gasteiger partial charge in [0.25, 0.3) is 0 Å². The largest absolute Gasteiger partial charge is 0.468 e. The molecule has 1 aromatic rings. The van der Waals surface area contributed by atoms with Crippen LogP contribution in [0, 0.1) is 29.1 Å². The van der Waals surface area contributed by atoms with Crippen LogP contribution in [0.1, 0.15) is 84.6 Å². The van der Waals surface area contributed by atoms with E-state index in [9.17, 15) is 14.4 Å². The van der Waals surface area contributed by atoms with Crippen molar-refractivity contribution in [1.29, 1.82) is 0 Å². The molecular weight excluding hydrogens is 480 g/mol. The van der Waals surface area contributed by atoms with E-state index in [-0.39, 0.29) is 23.4 Å². The van der Waals surface area contributed by atoms with Gasteiger partial charge in [-0.15, -0.1) is 0 Å². The van der Waals surface area contributed by atoms with Crippen LogP contribution in [0.25, 0.3) is 0 Å². The Bertz CT molecular complexity index is 959. The minimum atomic E-state index is -1.54. The summed E-state index contributed by atoms with van der Waals surface area (Å²) in [6, 6.07) is 10.4. The number of carbonyl (C=O) groups is 3. The van der Waals surface area contributed by atoms with Crippen LogP contribution in [0.2, 0.25) is 0 Å². The molecule has 0 aromatic heterocycles. The lowest BCUT2D eigenvalue weighted by Crippen LogP contribution is -2.47. The first-order valence-electron chi connectivity index (χ1n) is 14.2. The molecule has 0 aliphatic heterocycles. The molecule has 6 nitrogen and oxygen atoms in total. The highest BCUT2D eigenvalue weighted by Crippen LogP contribution is 2.45. The number of rotatable bonds is 9. The first-order chi connectivity index (χ1) is 18.0. The minimum absolute atomic E-state index is 0.0652. The molecule has 3 rings (SSSR count). The SMILES string of the molecule is COC(=O)C(C)(C(=O)OC)[C@H](/C=C/C(=O)O[C@@H]1C[C@H](C)CC[C@H]1C(C)(C)c1ccccc1)C1CCCCC1. The maximum absolute atomic E-state index is 13.3. The molecule has 0 spiro atoms. The molecule has 0 N–H and O–H groups in total. The van der Waals surface area contributed by atoms with Gasteiger partial charge < -0.3 is 14.2 Å². The summed E-state index contributed by atoms with van der Waals surface area (Å²) in [4.78, 5) is 39.1. The van der Waals surface area contributed by atoms with Crippen molar-refractivity contribution in [1.82, 2.24) is 0 Å². The molecule has 2 fully saturated rings. The molecule has 0 saturated heterocycles. The number of benzene rings is 1. The number of carbonyl (C=O) groups excluding carboxylic acids is 3. The van der Waals surface area contributed by atoms with Crippen molar-refractivity contribution in [3.8, 4) is 0 Å². The highest BCUT2D eigenvalue weighted by Gasteiger charge is 2.52. The average molecular weight is 527 g/mol. The van der Waals surface area contributed by atoms with Gasteiger partial charge in [0.05, 0.1) is 14.2 Å². The molecular formula is C32H46O6. The van der Waals surface area contributed by atoms with Crippen LogP contribution in [-0.4, -0.2) is 38.2 Å². The third-order valence-corrected chi connectivity index (χ3v) is 9.25. The quantitative estimate of drug-likeness (QED) is 0.160. The zero-order valence-corrected chi connectivity index (χ0v) is 24.0. The van der Waals surface area contributed by atoms with E-state index in [2.05, 4.69) is 45.0 Å². The van der Waals surface area contributed by atoms with Gasteiger partial charge in [0.2, 0.25) is 0 Å². The van der Waals surface area contributed by atoms with Crippen molar-refractivity contribution < 1.29 is 28.6 Å². The van der Waals surface area contributed by atoms with Crippen molar-refractivity contribution in [3.63, 3.8) is 0 Å². The zero-order valence-electron chi connectivity index (χ0n) is 24.0. The first-order valence-corrected chi connectivity index (χ1v) is 14.2.